The van der Waals surface area contributed by atoms with Crippen LogP contribution in [0.4, 0.5) is 9.18 Å². The summed E-state index contributed by atoms with van der Waals surface area (Å²) in [5, 5.41) is 2.46. The van der Waals surface area contributed by atoms with Crippen LogP contribution in [0.2, 0.25) is 0 Å². The van der Waals surface area contributed by atoms with Gasteiger partial charge in [0.05, 0.1) is 18.0 Å². The molecule has 0 radical (unpaired) electrons. The van der Waals surface area contributed by atoms with Gasteiger partial charge in [-0.05, 0) is 24.6 Å². The Morgan fingerprint density at radius 1 is 1.35 bits per heavy atom. The van der Waals surface area contributed by atoms with E-state index in [1.165, 1.54) is 24.5 Å². The van der Waals surface area contributed by atoms with Gasteiger partial charge in [0.1, 0.15) is 28.0 Å². The number of halogens is 1. The number of sulfone groups is 1. The second kappa shape index (κ2) is 6.87. The molecule has 2 heterocycles. The number of carbonyl (C=O) groups is 2. The first-order valence-corrected chi connectivity index (χ1v) is 9.79. The zero-order valence-electron chi connectivity index (χ0n) is 13.8. The molecule has 1 fully saturated rings. The summed E-state index contributed by atoms with van der Waals surface area (Å²) >= 11 is 0. The summed E-state index contributed by atoms with van der Waals surface area (Å²) in [5.74, 6) is -0.996. The summed E-state index contributed by atoms with van der Waals surface area (Å²) in [6, 6.07) is 4.17. The van der Waals surface area contributed by atoms with Gasteiger partial charge in [0.25, 0.3) is 5.91 Å². The highest BCUT2D eigenvalue weighted by Gasteiger charge is 2.38. The number of nitrogens with one attached hydrogen (secondary N) is 1. The fourth-order valence-electron chi connectivity index (χ4n) is 2.55. The molecule has 1 saturated heterocycles. The van der Waals surface area contributed by atoms with E-state index >= 15 is 0 Å². The van der Waals surface area contributed by atoms with Crippen molar-refractivity contribution in [1.82, 2.24) is 15.2 Å². The maximum absolute atomic E-state index is 13.3. The Morgan fingerprint density at radius 2 is 2.12 bits per heavy atom. The lowest BCUT2D eigenvalue weighted by atomic mass is 10.2. The highest BCUT2D eigenvalue weighted by molar-refractivity contribution is 7.90. The minimum absolute atomic E-state index is 0.00721. The molecule has 26 heavy (non-hydrogen) atoms. The van der Waals surface area contributed by atoms with Crippen molar-refractivity contribution in [1.29, 1.82) is 0 Å². The molecule has 1 atom stereocenters. The molecule has 0 saturated carbocycles. The number of benzene rings is 1. The molecule has 0 spiro atoms. The minimum Gasteiger partial charge on any atom is -0.444 e. The van der Waals surface area contributed by atoms with Gasteiger partial charge in [-0.25, -0.2) is 22.6 Å². The normalized spacial score (nSPS) is 17.6. The number of amides is 3. The summed E-state index contributed by atoms with van der Waals surface area (Å²) in [7, 11) is -3.24. The van der Waals surface area contributed by atoms with E-state index in [0.717, 1.165) is 11.2 Å². The molecule has 1 aliphatic heterocycles. The number of nitrogens with zero attached hydrogens (tertiary/aromatic N) is 2. The summed E-state index contributed by atoms with van der Waals surface area (Å²) in [6.07, 6.45) is 2.35. The van der Waals surface area contributed by atoms with Crippen molar-refractivity contribution in [2.24, 2.45) is 0 Å². The van der Waals surface area contributed by atoms with Crippen molar-refractivity contribution in [3.8, 4) is 11.5 Å². The number of carbonyl (C=O) groups excluding carboxylic acids is 2. The highest BCUT2D eigenvalue weighted by atomic mass is 32.2. The maximum Gasteiger partial charge on any atom is 0.325 e. The van der Waals surface area contributed by atoms with E-state index in [-0.39, 0.29) is 24.6 Å². The lowest BCUT2D eigenvalue weighted by Crippen LogP contribution is -2.32. The summed E-state index contributed by atoms with van der Waals surface area (Å²) in [4.78, 5) is 29.4. The summed E-state index contributed by atoms with van der Waals surface area (Å²) < 4.78 is 41.0. The van der Waals surface area contributed by atoms with Gasteiger partial charge in [-0.3, -0.25) is 9.69 Å². The standard InChI is InChI=1S/C16H16FN3O5S/c1-26(23,24)6-5-13-15(21)20(16(22)19-13)8-12-9-25-14(18-12)10-3-2-4-11(17)7-10/h2-4,7,9,13H,5-6,8H2,1H3,(H,19,22). The fourth-order valence-corrected chi connectivity index (χ4v) is 3.21. The molecule has 10 heteroatoms. The molecule has 8 nitrogen and oxygen atoms in total. The average Bonchev–Trinajstić information content (AvgIpc) is 3.13. The molecule has 0 aliphatic carbocycles. The zero-order valence-corrected chi connectivity index (χ0v) is 14.6. The van der Waals surface area contributed by atoms with Gasteiger partial charge in [0.2, 0.25) is 5.89 Å². The first-order valence-electron chi connectivity index (χ1n) is 7.73. The van der Waals surface area contributed by atoms with Gasteiger partial charge >= 0.3 is 6.03 Å². The van der Waals surface area contributed by atoms with Gasteiger partial charge < -0.3 is 9.73 Å². The molecule has 2 aromatic rings. The third kappa shape index (κ3) is 4.07. The number of urea groups is 1. The minimum atomic E-state index is -3.24. The van der Waals surface area contributed by atoms with Crippen LogP contribution in [0.15, 0.2) is 34.9 Å². The van der Waals surface area contributed by atoms with E-state index < -0.39 is 33.6 Å². The predicted molar refractivity (Wildman–Crippen MR) is 89.1 cm³/mol. The van der Waals surface area contributed by atoms with Gasteiger partial charge in [-0.2, -0.15) is 0 Å². The van der Waals surface area contributed by atoms with Crippen molar-refractivity contribution in [2.45, 2.75) is 19.0 Å². The van der Waals surface area contributed by atoms with Crippen molar-refractivity contribution in [3.05, 3.63) is 42.0 Å². The monoisotopic (exact) mass is 381 g/mol. The Kier molecular flexibility index (Phi) is 4.77. The van der Waals surface area contributed by atoms with Crippen LogP contribution >= 0.6 is 0 Å². The van der Waals surface area contributed by atoms with Gasteiger partial charge in [-0.1, -0.05) is 6.07 Å². The Bertz CT molecular complexity index is 956. The predicted octanol–water partition coefficient (Wildman–Crippen LogP) is 1.34. The first-order chi connectivity index (χ1) is 12.2. The quantitative estimate of drug-likeness (QED) is 0.756. The van der Waals surface area contributed by atoms with E-state index in [0.29, 0.717) is 11.3 Å². The number of aromatic nitrogens is 1. The number of hydrogen-bond acceptors (Lipinski definition) is 6. The van der Waals surface area contributed by atoms with E-state index in [9.17, 15) is 22.4 Å². The van der Waals surface area contributed by atoms with Crippen LogP contribution in [-0.4, -0.2) is 48.3 Å². The van der Waals surface area contributed by atoms with Crippen molar-refractivity contribution >= 4 is 21.8 Å². The van der Waals surface area contributed by atoms with Gasteiger partial charge in [-0.15, -0.1) is 0 Å². The first kappa shape index (κ1) is 18.1. The second-order valence-electron chi connectivity index (χ2n) is 6.00. The average molecular weight is 381 g/mol. The third-order valence-corrected chi connectivity index (χ3v) is 4.81. The Morgan fingerprint density at radius 3 is 2.81 bits per heavy atom. The maximum atomic E-state index is 13.3. The summed E-state index contributed by atoms with van der Waals surface area (Å²) in [5.41, 5.74) is 0.746. The number of hydrogen-bond donors (Lipinski definition) is 1. The molecule has 1 aliphatic rings. The molecular weight excluding hydrogens is 365 g/mol. The van der Waals surface area contributed by atoms with Crippen LogP contribution in [0.1, 0.15) is 12.1 Å². The van der Waals surface area contributed by atoms with Gasteiger partial charge in [0.15, 0.2) is 0 Å². The van der Waals surface area contributed by atoms with Gasteiger partial charge in [0, 0.05) is 11.8 Å². The van der Waals surface area contributed by atoms with Crippen LogP contribution in [0.5, 0.6) is 0 Å². The van der Waals surface area contributed by atoms with Crippen molar-refractivity contribution < 1.29 is 26.8 Å². The van der Waals surface area contributed by atoms with Crippen LogP contribution in [0.3, 0.4) is 0 Å². The fraction of sp³-hybridized carbons (Fsp3) is 0.312. The largest absolute Gasteiger partial charge is 0.444 e. The van der Waals surface area contributed by atoms with Crippen LogP contribution in [0.25, 0.3) is 11.5 Å². The molecular formula is C16H16FN3O5S. The molecule has 1 unspecified atom stereocenters. The smallest absolute Gasteiger partial charge is 0.325 e. The van der Waals surface area contributed by atoms with E-state index in [2.05, 4.69) is 10.3 Å². The van der Waals surface area contributed by atoms with Crippen LogP contribution in [-0.2, 0) is 21.2 Å². The number of oxazole rings is 1. The molecule has 3 rings (SSSR count). The molecule has 1 aromatic heterocycles. The van der Waals surface area contributed by atoms with Crippen LogP contribution < -0.4 is 5.32 Å². The molecule has 1 aromatic carbocycles. The van der Waals surface area contributed by atoms with E-state index in [1.807, 2.05) is 0 Å². The molecule has 3 amide bonds. The number of rotatable bonds is 6. The van der Waals surface area contributed by atoms with E-state index in [1.54, 1.807) is 6.07 Å². The molecule has 0 bridgehead atoms. The summed E-state index contributed by atoms with van der Waals surface area (Å²) in [6.45, 7) is -0.126. The van der Waals surface area contributed by atoms with Crippen molar-refractivity contribution in [2.75, 3.05) is 12.0 Å². The Labute approximate surface area is 148 Å². The third-order valence-electron chi connectivity index (χ3n) is 3.83. The van der Waals surface area contributed by atoms with Crippen LogP contribution in [0, 0.1) is 5.82 Å². The second-order valence-corrected chi connectivity index (χ2v) is 8.26. The lowest BCUT2D eigenvalue weighted by Gasteiger charge is -2.10. The number of imide groups is 1. The topological polar surface area (TPSA) is 110 Å². The Balaban J connectivity index is 1.69. The zero-order chi connectivity index (χ0) is 18.9. The highest BCUT2D eigenvalue weighted by Crippen LogP contribution is 2.21. The van der Waals surface area contributed by atoms with Crippen molar-refractivity contribution in [3.63, 3.8) is 0 Å². The molecule has 1 N–H and O–H groups in total. The lowest BCUT2D eigenvalue weighted by molar-refractivity contribution is -0.127. The molecule has 138 valence electrons. The SMILES string of the molecule is CS(=O)(=O)CCC1NC(=O)N(Cc2coc(-c3cccc(F)c3)n2)C1=O. The Hall–Kier alpha value is -2.75. The van der Waals surface area contributed by atoms with E-state index in [4.69, 9.17) is 4.42 Å².